The van der Waals surface area contributed by atoms with Crippen LogP contribution in [0.15, 0.2) is 42.6 Å². The standard InChI is InChI=1S/C16H7F6NO/c17-15(18,19)12-5-6-23-13-9-4-2-1-3-8(9)10(7-11(12)13)14(24)16(20,21)22/h1-7H. The van der Waals surface area contributed by atoms with Gasteiger partial charge < -0.3 is 0 Å². The second-order valence-electron chi connectivity index (χ2n) is 5.05. The number of benzene rings is 2. The lowest BCUT2D eigenvalue weighted by Crippen LogP contribution is -2.23. The van der Waals surface area contributed by atoms with Gasteiger partial charge in [-0.3, -0.25) is 9.78 Å². The first-order valence-electron chi connectivity index (χ1n) is 6.60. The second kappa shape index (κ2) is 5.19. The Morgan fingerprint density at radius 1 is 0.875 bits per heavy atom. The van der Waals surface area contributed by atoms with Crippen molar-refractivity contribution in [3.8, 4) is 0 Å². The van der Waals surface area contributed by atoms with Crippen LogP contribution in [0.25, 0.3) is 21.7 Å². The highest BCUT2D eigenvalue weighted by molar-refractivity contribution is 6.18. The molecule has 124 valence electrons. The van der Waals surface area contributed by atoms with Gasteiger partial charge >= 0.3 is 12.4 Å². The van der Waals surface area contributed by atoms with Gasteiger partial charge in [0.15, 0.2) is 0 Å². The van der Waals surface area contributed by atoms with Crippen LogP contribution in [0.1, 0.15) is 15.9 Å². The van der Waals surface area contributed by atoms with E-state index in [1.54, 1.807) is 0 Å². The van der Waals surface area contributed by atoms with Gasteiger partial charge in [0.05, 0.1) is 11.1 Å². The predicted octanol–water partition coefficient (Wildman–Crippen LogP) is 5.15. The molecule has 0 N–H and O–H groups in total. The molecule has 0 aliphatic rings. The molecule has 0 aliphatic carbocycles. The fourth-order valence-electron chi connectivity index (χ4n) is 2.57. The minimum atomic E-state index is -5.20. The number of carbonyl (C=O) groups is 1. The minimum absolute atomic E-state index is 0.0497. The first-order chi connectivity index (χ1) is 11.1. The lowest BCUT2D eigenvalue weighted by molar-refractivity contribution is -0.136. The van der Waals surface area contributed by atoms with Crippen LogP contribution < -0.4 is 0 Å². The number of aromatic nitrogens is 1. The van der Waals surface area contributed by atoms with Gasteiger partial charge in [-0.1, -0.05) is 24.3 Å². The summed E-state index contributed by atoms with van der Waals surface area (Å²) in [5.41, 5.74) is -2.09. The summed E-state index contributed by atoms with van der Waals surface area (Å²) in [6, 6.07) is 6.70. The molecule has 0 unspecified atom stereocenters. The van der Waals surface area contributed by atoms with Crippen LogP contribution in [-0.4, -0.2) is 16.9 Å². The van der Waals surface area contributed by atoms with Gasteiger partial charge in [0.2, 0.25) is 0 Å². The minimum Gasteiger partial charge on any atom is -0.284 e. The Balaban J connectivity index is 2.50. The number of rotatable bonds is 1. The molecule has 0 spiro atoms. The van der Waals surface area contributed by atoms with Crippen molar-refractivity contribution in [2.45, 2.75) is 12.4 Å². The highest BCUT2D eigenvalue weighted by atomic mass is 19.4. The van der Waals surface area contributed by atoms with Gasteiger partial charge in [-0.05, 0) is 17.5 Å². The average Bonchev–Trinajstić information content (AvgIpc) is 2.51. The van der Waals surface area contributed by atoms with Crippen molar-refractivity contribution < 1.29 is 31.1 Å². The van der Waals surface area contributed by atoms with E-state index in [0.717, 1.165) is 6.20 Å². The SMILES string of the molecule is O=C(c1cc2c(C(F)(F)F)ccnc2c2ccccc12)C(F)(F)F. The first kappa shape index (κ1) is 16.2. The van der Waals surface area contributed by atoms with E-state index in [1.165, 1.54) is 24.3 Å². The molecular formula is C16H7F6NO. The van der Waals surface area contributed by atoms with Crippen molar-refractivity contribution >= 4 is 27.5 Å². The van der Waals surface area contributed by atoms with Crippen LogP contribution in [-0.2, 0) is 6.18 Å². The van der Waals surface area contributed by atoms with E-state index in [9.17, 15) is 31.1 Å². The molecule has 1 aromatic heterocycles. The molecule has 3 aromatic rings. The Labute approximate surface area is 130 Å². The predicted molar refractivity (Wildman–Crippen MR) is 74.6 cm³/mol. The van der Waals surface area contributed by atoms with Crippen molar-refractivity contribution in [3.05, 3.63) is 53.7 Å². The molecule has 0 atom stereocenters. The number of pyridine rings is 1. The lowest BCUT2D eigenvalue weighted by Gasteiger charge is -2.14. The number of Topliss-reactive ketones (excluding diaryl/α,β-unsaturated/α-hetero) is 1. The van der Waals surface area contributed by atoms with Crippen molar-refractivity contribution in [1.29, 1.82) is 0 Å². The monoisotopic (exact) mass is 343 g/mol. The van der Waals surface area contributed by atoms with Crippen molar-refractivity contribution in [1.82, 2.24) is 4.98 Å². The Morgan fingerprint density at radius 3 is 2.08 bits per heavy atom. The molecule has 0 fully saturated rings. The largest absolute Gasteiger partial charge is 0.454 e. The van der Waals surface area contributed by atoms with E-state index >= 15 is 0 Å². The third-order valence-corrected chi connectivity index (χ3v) is 3.56. The number of alkyl halides is 6. The number of nitrogens with zero attached hydrogens (tertiary/aromatic N) is 1. The molecule has 0 saturated carbocycles. The second-order valence-corrected chi connectivity index (χ2v) is 5.05. The van der Waals surface area contributed by atoms with Crippen molar-refractivity contribution in [2.24, 2.45) is 0 Å². The summed E-state index contributed by atoms with van der Waals surface area (Å²) in [5.74, 6) is -2.20. The smallest absolute Gasteiger partial charge is 0.284 e. The highest BCUT2D eigenvalue weighted by Gasteiger charge is 2.41. The zero-order valence-corrected chi connectivity index (χ0v) is 11.7. The lowest BCUT2D eigenvalue weighted by atomic mass is 9.95. The Kier molecular flexibility index (Phi) is 3.51. The van der Waals surface area contributed by atoms with E-state index in [1.807, 2.05) is 0 Å². The van der Waals surface area contributed by atoms with Crippen LogP contribution in [0.2, 0.25) is 0 Å². The third kappa shape index (κ3) is 2.57. The maximum absolute atomic E-state index is 13.1. The average molecular weight is 343 g/mol. The van der Waals surface area contributed by atoms with Gasteiger partial charge in [-0.25, -0.2) is 0 Å². The van der Waals surface area contributed by atoms with Crippen LogP contribution >= 0.6 is 0 Å². The maximum Gasteiger partial charge on any atom is 0.454 e. The number of hydrogen-bond donors (Lipinski definition) is 0. The quantitative estimate of drug-likeness (QED) is 0.347. The zero-order valence-electron chi connectivity index (χ0n) is 11.7. The number of carbonyl (C=O) groups excluding carboxylic acids is 1. The van der Waals surface area contributed by atoms with Crippen LogP contribution in [0, 0.1) is 0 Å². The Morgan fingerprint density at radius 2 is 1.50 bits per heavy atom. The van der Waals surface area contributed by atoms with E-state index in [2.05, 4.69) is 4.98 Å². The summed E-state index contributed by atoms with van der Waals surface area (Å²) in [6.07, 6.45) is -9.05. The molecule has 1 heterocycles. The fourth-order valence-corrected chi connectivity index (χ4v) is 2.57. The number of halogens is 6. The third-order valence-electron chi connectivity index (χ3n) is 3.56. The molecule has 24 heavy (non-hydrogen) atoms. The number of fused-ring (bicyclic) bond motifs is 3. The van der Waals surface area contributed by atoms with Gasteiger partial charge in [0.1, 0.15) is 0 Å². The highest BCUT2D eigenvalue weighted by Crippen LogP contribution is 2.38. The van der Waals surface area contributed by atoms with Gasteiger partial charge in [0, 0.05) is 22.5 Å². The summed E-state index contributed by atoms with van der Waals surface area (Å²) in [6.45, 7) is 0. The van der Waals surface area contributed by atoms with Crippen molar-refractivity contribution in [3.63, 3.8) is 0 Å². The molecule has 8 heteroatoms. The van der Waals surface area contributed by atoms with E-state index in [-0.39, 0.29) is 16.3 Å². The molecule has 0 bridgehead atoms. The summed E-state index contributed by atoms with van der Waals surface area (Å²) in [5, 5.41) is -0.593. The molecule has 2 nitrogen and oxygen atoms in total. The molecule has 0 saturated heterocycles. The summed E-state index contributed by atoms with van der Waals surface area (Å²) < 4.78 is 77.9. The molecule has 2 aromatic carbocycles. The molecule has 0 amide bonds. The van der Waals surface area contributed by atoms with Crippen LogP contribution in [0.4, 0.5) is 26.3 Å². The normalized spacial score (nSPS) is 12.8. The first-order valence-corrected chi connectivity index (χ1v) is 6.60. The summed E-state index contributed by atoms with van der Waals surface area (Å²) in [7, 11) is 0. The van der Waals surface area contributed by atoms with Gasteiger partial charge in [-0.15, -0.1) is 0 Å². The van der Waals surface area contributed by atoms with E-state index in [4.69, 9.17) is 0 Å². The number of ketones is 1. The van der Waals surface area contributed by atoms with E-state index in [0.29, 0.717) is 12.1 Å². The molecule has 3 rings (SSSR count). The maximum atomic E-state index is 13.1. The molecule has 0 aliphatic heterocycles. The van der Waals surface area contributed by atoms with Crippen molar-refractivity contribution in [2.75, 3.05) is 0 Å². The number of hydrogen-bond acceptors (Lipinski definition) is 2. The van der Waals surface area contributed by atoms with Crippen LogP contribution in [0.3, 0.4) is 0 Å². The topological polar surface area (TPSA) is 30.0 Å². The van der Waals surface area contributed by atoms with Crippen LogP contribution in [0.5, 0.6) is 0 Å². The van der Waals surface area contributed by atoms with Gasteiger partial charge in [0.25, 0.3) is 5.78 Å². The summed E-state index contributed by atoms with van der Waals surface area (Å²) in [4.78, 5) is 15.5. The Bertz CT molecular complexity index is 958. The van der Waals surface area contributed by atoms with Gasteiger partial charge in [-0.2, -0.15) is 26.3 Å². The zero-order chi connectivity index (χ0) is 17.7. The fraction of sp³-hybridized carbons (Fsp3) is 0.125. The Hall–Kier alpha value is -2.64. The molecule has 0 radical (unpaired) electrons. The molecular weight excluding hydrogens is 336 g/mol. The van der Waals surface area contributed by atoms with E-state index < -0.39 is 34.6 Å². The summed E-state index contributed by atoms with van der Waals surface area (Å²) >= 11 is 0.